The molecule has 1 fully saturated rings. The maximum absolute atomic E-state index is 15.1. The number of nitrogens with zero attached hydrogens (tertiary/aromatic N) is 2. The fourth-order valence-electron chi connectivity index (χ4n) is 5.55. The van der Waals surface area contributed by atoms with Gasteiger partial charge in [-0.1, -0.05) is 44.2 Å². The lowest BCUT2D eigenvalue weighted by molar-refractivity contribution is -0.168. The predicted octanol–water partition coefficient (Wildman–Crippen LogP) is 4.18. The van der Waals surface area contributed by atoms with Crippen LogP contribution >= 0.6 is 0 Å². The summed E-state index contributed by atoms with van der Waals surface area (Å²) in [6.45, 7) is 1.90. The average molecular weight is 552 g/mol. The lowest BCUT2D eigenvalue weighted by Gasteiger charge is -2.45. The monoisotopic (exact) mass is 551 g/mol. The molecule has 0 bridgehead atoms. The minimum absolute atomic E-state index is 0.0742. The smallest absolute Gasteiger partial charge is 0.342 e. The second kappa shape index (κ2) is 10.9. The van der Waals surface area contributed by atoms with E-state index >= 15 is 4.39 Å². The Balaban J connectivity index is 1.80. The van der Waals surface area contributed by atoms with E-state index in [1.807, 2.05) is 24.3 Å². The van der Waals surface area contributed by atoms with E-state index < -0.39 is 65.8 Å². The first-order valence-corrected chi connectivity index (χ1v) is 12.7. The van der Waals surface area contributed by atoms with Gasteiger partial charge >= 0.3 is 6.18 Å². The summed E-state index contributed by atoms with van der Waals surface area (Å²) >= 11 is 0. The number of fused-ring (bicyclic) bond motifs is 1. The first kappa shape index (κ1) is 28.5. The van der Waals surface area contributed by atoms with E-state index in [0.717, 1.165) is 35.2 Å². The molecule has 2 aromatic rings. The van der Waals surface area contributed by atoms with Crippen molar-refractivity contribution in [3.05, 3.63) is 70.8 Å². The minimum Gasteiger partial charge on any atom is -0.342 e. The van der Waals surface area contributed by atoms with Gasteiger partial charge in [-0.2, -0.15) is 13.2 Å². The van der Waals surface area contributed by atoms with Gasteiger partial charge in [0.25, 0.3) is 0 Å². The molecule has 1 N–H and O–H groups in total. The highest BCUT2D eigenvalue weighted by Crippen LogP contribution is 2.37. The second-order valence-electron chi connectivity index (χ2n) is 10.7. The molecule has 1 saturated heterocycles. The van der Waals surface area contributed by atoms with Crippen molar-refractivity contribution >= 4 is 17.7 Å². The van der Waals surface area contributed by atoms with E-state index in [0.29, 0.717) is 23.8 Å². The quantitative estimate of drug-likeness (QED) is 0.525. The molecule has 4 rings (SSSR count). The normalized spacial score (nSPS) is 20.7. The van der Waals surface area contributed by atoms with Crippen molar-refractivity contribution in [1.82, 2.24) is 15.1 Å². The molecule has 0 spiro atoms. The summed E-state index contributed by atoms with van der Waals surface area (Å²) in [4.78, 5) is 42.4. The van der Waals surface area contributed by atoms with Crippen LogP contribution in [0.1, 0.15) is 43.0 Å². The zero-order valence-corrected chi connectivity index (χ0v) is 21.8. The van der Waals surface area contributed by atoms with Crippen LogP contribution in [0.15, 0.2) is 42.5 Å². The average Bonchev–Trinajstić information content (AvgIpc) is 3.26. The Bertz CT molecular complexity index is 1240. The Morgan fingerprint density at radius 1 is 1.08 bits per heavy atom. The molecule has 210 valence electrons. The summed E-state index contributed by atoms with van der Waals surface area (Å²) in [5.74, 6) is -5.21. The van der Waals surface area contributed by atoms with E-state index in [1.165, 1.54) is 0 Å². The molecule has 0 aromatic heterocycles. The van der Waals surface area contributed by atoms with Crippen LogP contribution in [0.5, 0.6) is 0 Å². The topological polar surface area (TPSA) is 69.7 Å². The standard InChI is InChI=1S/C28H30F5N3O3/c1-15(2)10-22-25(37)34-23(18-11-16-6-4-5-7-17(16)12-18)26(38)36(22)24(20-9-8-19(29)13-21(20)30)27(39)35(3)14-28(31,32)33/h4-9,13,15,18,22-24H,10-12,14H2,1-3H3,(H,34,37). The molecule has 3 amide bonds. The zero-order chi connectivity index (χ0) is 28.6. The van der Waals surface area contributed by atoms with Crippen LogP contribution in [0.25, 0.3) is 0 Å². The van der Waals surface area contributed by atoms with Crippen molar-refractivity contribution in [3.8, 4) is 0 Å². The van der Waals surface area contributed by atoms with E-state index in [2.05, 4.69) is 5.32 Å². The predicted molar refractivity (Wildman–Crippen MR) is 132 cm³/mol. The number of carbonyl (C=O) groups excluding carboxylic acids is 3. The SMILES string of the molecule is CC(C)CC1C(=O)NC(C2Cc3ccccc3C2)C(=O)N1C(C(=O)N(C)CC(F)(F)F)c1ccc(F)cc1F. The summed E-state index contributed by atoms with van der Waals surface area (Å²) in [6.07, 6.45) is -3.76. The van der Waals surface area contributed by atoms with Crippen LogP contribution in [-0.4, -0.2) is 59.4 Å². The van der Waals surface area contributed by atoms with Crippen molar-refractivity contribution in [2.45, 2.75) is 57.4 Å². The number of nitrogens with one attached hydrogen (secondary N) is 1. The van der Waals surface area contributed by atoms with Crippen molar-refractivity contribution in [1.29, 1.82) is 0 Å². The molecule has 3 atom stereocenters. The summed E-state index contributed by atoms with van der Waals surface area (Å²) in [5.41, 5.74) is 1.52. The molecule has 1 heterocycles. The zero-order valence-electron chi connectivity index (χ0n) is 21.8. The van der Waals surface area contributed by atoms with Crippen LogP contribution < -0.4 is 5.32 Å². The number of carbonyl (C=O) groups is 3. The molecule has 2 aromatic carbocycles. The molecule has 2 aliphatic rings. The molecule has 3 unspecified atom stereocenters. The van der Waals surface area contributed by atoms with Gasteiger partial charge in [0.1, 0.15) is 36.3 Å². The number of hydrogen-bond acceptors (Lipinski definition) is 3. The van der Waals surface area contributed by atoms with Gasteiger partial charge in [0.15, 0.2) is 0 Å². The van der Waals surface area contributed by atoms with Crippen LogP contribution in [-0.2, 0) is 27.2 Å². The van der Waals surface area contributed by atoms with Gasteiger partial charge in [-0.15, -0.1) is 0 Å². The van der Waals surface area contributed by atoms with Gasteiger partial charge in [-0.05, 0) is 48.3 Å². The third-order valence-corrected chi connectivity index (χ3v) is 7.27. The fraction of sp³-hybridized carbons (Fsp3) is 0.464. The van der Waals surface area contributed by atoms with Crippen molar-refractivity contribution in [2.24, 2.45) is 11.8 Å². The number of amides is 3. The minimum atomic E-state index is -4.77. The molecule has 1 aliphatic heterocycles. The largest absolute Gasteiger partial charge is 0.406 e. The molecular formula is C28H30F5N3O3. The molecule has 1 aliphatic carbocycles. The van der Waals surface area contributed by atoms with Gasteiger partial charge in [0, 0.05) is 18.7 Å². The van der Waals surface area contributed by atoms with Gasteiger partial charge in [0.2, 0.25) is 17.7 Å². The maximum atomic E-state index is 15.1. The Hall–Kier alpha value is -3.50. The van der Waals surface area contributed by atoms with Crippen molar-refractivity contribution in [3.63, 3.8) is 0 Å². The fourth-order valence-corrected chi connectivity index (χ4v) is 5.55. The lowest BCUT2D eigenvalue weighted by Crippen LogP contribution is -2.67. The summed E-state index contributed by atoms with van der Waals surface area (Å²) in [7, 11) is 0.890. The highest BCUT2D eigenvalue weighted by molar-refractivity contribution is 6.00. The number of rotatable bonds is 7. The van der Waals surface area contributed by atoms with Crippen LogP contribution in [0.4, 0.5) is 22.0 Å². The van der Waals surface area contributed by atoms with E-state index in [4.69, 9.17) is 0 Å². The molecule has 0 saturated carbocycles. The number of piperazine rings is 1. The maximum Gasteiger partial charge on any atom is 0.406 e. The number of benzene rings is 2. The molecule has 6 nitrogen and oxygen atoms in total. The van der Waals surface area contributed by atoms with Crippen LogP contribution in [0.3, 0.4) is 0 Å². The van der Waals surface area contributed by atoms with Crippen LogP contribution in [0, 0.1) is 23.5 Å². The first-order chi connectivity index (χ1) is 18.3. The number of halogens is 5. The number of likely N-dealkylation sites (N-methyl/N-ethyl adjacent to an activating group) is 1. The Morgan fingerprint density at radius 2 is 1.69 bits per heavy atom. The van der Waals surface area contributed by atoms with Gasteiger partial charge < -0.3 is 15.1 Å². The summed E-state index contributed by atoms with van der Waals surface area (Å²) in [5, 5.41) is 2.78. The van der Waals surface area contributed by atoms with Gasteiger partial charge in [0.05, 0.1) is 0 Å². The summed E-state index contributed by atoms with van der Waals surface area (Å²) < 4.78 is 68.6. The van der Waals surface area contributed by atoms with E-state index in [9.17, 15) is 31.9 Å². The van der Waals surface area contributed by atoms with E-state index in [-0.39, 0.29) is 18.3 Å². The first-order valence-electron chi connectivity index (χ1n) is 12.7. The molecule has 0 radical (unpaired) electrons. The Labute approximate surface area is 223 Å². The van der Waals surface area contributed by atoms with Crippen LogP contribution in [0.2, 0.25) is 0 Å². The number of hydrogen-bond donors (Lipinski definition) is 1. The molecule has 11 heteroatoms. The third kappa shape index (κ3) is 6.07. The lowest BCUT2D eigenvalue weighted by atomic mass is 9.87. The highest BCUT2D eigenvalue weighted by Gasteiger charge is 2.51. The second-order valence-corrected chi connectivity index (χ2v) is 10.7. The van der Waals surface area contributed by atoms with Crippen molar-refractivity contribution in [2.75, 3.05) is 13.6 Å². The van der Waals surface area contributed by atoms with E-state index in [1.54, 1.807) is 13.8 Å². The van der Waals surface area contributed by atoms with Gasteiger partial charge in [-0.3, -0.25) is 14.4 Å². The highest BCUT2D eigenvalue weighted by atomic mass is 19.4. The Morgan fingerprint density at radius 3 is 2.23 bits per heavy atom. The molecular weight excluding hydrogens is 521 g/mol. The summed E-state index contributed by atoms with van der Waals surface area (Å²) in [6, 6.07) is 5.58. The third-order valence-electron chi connectivity index (χ3n) is 7.27. The van der Waals surface area contributed by atoms with Crippen molar-refractivity contribution < 1.29 is 36.3 Å². The number of alkyl halides is 3. The van der Waals surface area contributed by atoms with Gasteiger partial charge in [-0.25, -0.2) is 8.78 Å². The Kier molecular flexibility index (Phi) is 7.99. The molecule has 39 heavy (non-hydrogen) atoms.